The lowest BCUT2D eigenvalue weighted by Gasteiger charge is -2.07. The molecule has 1 atom stereocenters. The molecular formula is C9H16FNO. The van der Waals surface area contributed by atoms with E-state index in [1.807, 2.05) is 0 Å². The number of alkyl halides is 1. The Hall–Kier alpha value is -0.440. The van der Waals surface area contributed by atoms with Gasteiger partial charge in [0, 0.05) is 12.1 Å². The Morgan fingerprint density at radius 1 is 1.67 bits per heavy atom. The van der Waals surface area contributed by atoms with Gasteiger partial charge in [-0.15, -0.1) is 0 Å². The van der Waals surface area contributed by atoms with Gasteiger partial charge in [-0.3, -0.25) is 4.99 Å². The summed E-state index contributed by atoms with van der Waals surface area (Å²) in [7, 11) is 0. The first kappa shape index (κ1) is 9.65. The fourth-order valence-electron chi connectivity index (χ4n) is 1.29. The molecule has 3 heteroatoms. The van der Waals surface area contributed by atoms with Gasteiger partial charge in [-0.25, -0.2) is 4.39 Å². The van der Waals surface area contributed by atoms with Gasteiger partial charge in [-0.2, -0.15) is 0 Å². The fraction of sp³-hybridized carbons (Fsp3) is 0.889. The maximum absolute atomic E-state index is 12.2. The summed E-state index contributed by atoms with van der Waals surface area (Å²) < 4.78 is 17.4. The first-order valence-corrected chi connectivity index (χ1v) is 4.56. The van der Waals surface area contributed by atoms with Crippen LogP contribution < -0.4 is 0 Å². The maximum Gasteiger partial charge on any atom is 0.117 e. The van der Waals surface area contributed by atoms with Crippen LogP contribution in [0.2, 0.25) is 0 Å². The van der Waals surface area contributed by atoms with E-state index < -0.39 is 6.67 Å². The molecule has 0 unspecified atom stereocenters. The molecule has 70 valence electrons. The summed E-state index contributed by atoms with van der Waals surface area (Å²) in [5.41, 5.74) is 1.19. The smallest absolute Gasteiger partial charge is 0.117 e. The standard InChI is InChI=1S/C9H16FNO/c1-2-3-8-4-5-12-9(6-10)7-11-8/h9H,2-7H2,1H3/t9-/m1/s1. The van der Waals surface area contributed by atoms with Gasteiger partial charge in [-0.1, -0.05) is 13.3 Å². The Balaban J connectivity index is 2.39. The monoisotopic (exact) mass is 173 g/mol. The maximum atomic E-state index is 12.2. The summed E-state index contributed by atoms with van der Waals surface area (Å²) in [6, 6.07) is 0. The third kappa shape index (κ3) is 2.89. The van der Waals surface area contributed by atoms with E-state index >= 15 is 0 Å². The molecule has 0 aliphatic carbocycles. The lowest BCUT2D eigenvalue weighted by molar-refractivity contribution is 0.0504. The zero-order valence-corrected chi connectivity index (χ0v) is 7.55. The van der Waals surface area contributed by atoms with Crippen LogP contribution in [-0.4, -0.2) is 31.6 Å². The molecule has 0 aromatic rings. The topological polar surface area (TPSA) is 21.6 Å². The first-order chi connectivity index (χ1) is 5.86. The van der Waals surface area contributed by atoms with Crippen LogP contribution in [-0.2, 0) is 4.74 Å². The minimum atomic E-state index is -0.414. The molecule has 0 fully saturated rings. The molecule has 0 radical (unpaired) electrons. The van der Waals surface area contributed by atoms with E-state index in [-0.39, 0.29) is 6.10 Å². The van der Waals surface area contributed by atoms with Crippen LogP contribution in [0.5, 0.6) is 0 Å². The predicted molar refractivity (Wildman–Crippen MR) is 47.5 cm³/mol. The summed E-state index contributed by atoms with van der Waals surface area (Å²) in [4.78, 5) is 4.32. The van der Waals surface area contributed by atoms with Gasteiger partial charge < -0.3 is 4.74 Å². The van der Waals surface area contributed by atoms with Crippen molar-refractivity contribution in [3.63, 3.8) is 0 Å². The van der Waals surface area contributed by atoms with Crippen LogP contribution in [0.1, 0.15) is 26.2 Å². The Kier molecular flexibility index (Phi) is 4.22. The van der Waals surface area contributed by atoms with Gasteiger partial charge in [0.05, 0.1) is 13.2 Å². The SMILES string of the molecule is CCCC1=NC[C@@H](CF)OCC1. The van der Waals surface area contributed by atoms with E-state index in [0.717, 1.165) is 19.3 Å². The predicted octanol–water partition coefficient (Wildman–Crippen LogP) is 1.99. The van der Waals surface area contributed by atoms with E-state index in [2.05, 4.69) is 11.9 Å². The molecule has 0 aromatic carbocycles. The first-order valence-electron chi connectivity index (χ1n) is 4.56. The molecular weight excluding hydrogens is 157 g/mol. The van der Waals surface area contributed by atoms with Crippen molar-refractivity contribution in [1.82, 2.24) is 0 Å². The highest BCUT2D eigenvalue weighted by atomic mass is 19.1. The summed E-state index contributed by atoms with van der Waals surface area (Å²) >= 11 is 0. The molecule has 0 bridgehead atoms. The van der Waals surface area contributed by atoms with Gasteiger partial charge >= 0.3 is 0 Å². The summed E-state index contributed by atoms with van der Waals surface area (Å²) in [5.74, 6) is 0. The van der Waals surface area contributed by atoms with Crippen molar-refractivity contribution in [2.45, 2.75) is 32.3 Å². The molecule has 0 aromatic heterocycles. The molecule has 2 nitrogen and oxygen atoms in total. The average Bonchev–Trinajstić information content (AvgIpc) is 2.31. The van der Waals surface area contributed by atoms with Gasteiger partial charge in [-0.05, 0) is 6.42 Å². The highest BCUT2D eigenvalue weighted by molar-refractivity contribution is 5.84. The minimum absolute atomic E-state index is 0.292. The Morgan fingerprint density at radius 3 is 3.17 bits per heavy atom. The second kappa shape index (κ2) is 5.25. The second-order valence-corrected chi connectivity index (χ2v) is 3.05. The molecule has 0 saturated heterocycles. The molecule has 1 rings (SSSR count). The quantitative estimate of drug-likeness (QED) is 0.639. The van der Waals surface area contributed by atoms with Crippen LogP contribution in [0.3, 0.4) is 0 Å². The molecule has 0 saturated carbocycles. The van der Waals surface area contributed by atoms with E-state index in [9.17, 15) is 4.39 Å². The fourth-order valence-corrected chi connectivity index (χ4v) is 1.29. The van der Waals surface area contributed by atoms with Gasteiger partial charge in [0.1, 0.15) is 12.8 Å². The van der Waals surface area contributed by atoms with E-state index in [4.69, 9.17) is 4.74 Å². The molecule has 12 heavy (non-hydrogen) atoms. The molecule has 0 spiro atoms. The van der Waals surface area contributed by atoms with Crippen molar-refractivity contribution < 1.29 is 9.13 Å². The lowest BCUT2D eigenvalue weighted by Crippen LogP contribution is -2.17. The van der Waals surface area contributed by atoms with Crippen molar-refractivity contribution in [3.05, 3.63) is 0 Å². The number of nitrogens with zero attached hydrogens (tertiary/aromatic N) is 1. The number of rotatable bonds is 3. The van der Waals surface area contributed by atoms with E-state index in [0.29, 0.717) is 13.2 Å². The third-order valence-electron chi connectivity index (χ3n) is 1.97. The molecule has 1 aliphatic rings. The van der Waals surface area contributed by atoms with Crippen molar-refractivity contribution >= 4 is 5.71 Å². The molecule has 0 N–H and O–H groups in total. The number of halogens is 1. The van der Waals surface area contributed by atoms with Crippen molar-refractivity contribution in [2.75, 3.05) is 19.8 Å². The Morgan fingerprint density at radius 2 is 2.50 bits per heavy atom. The van der Waals surface area contributed by atoms with Crippen LogP contribution in [0.4, 0.5) is 4.39 Å². The van der Waals surface area contributed by atoms with Crippen LogP contribution in [0, 0.1) is 0 Å². The number of ether oxygens (including phenoxy) is 1. The van der Waals surface area contributed by atoms with Crippen molar-refractivity contribution in [2.24, 2.45) is 4.99 Å². The van der Waals surface area contributed by atoms with Crippen LogP contribution >= 0.6 is 0 Å². The van der Waals surface area contributed by atoms with Gasteiger partial charge in [0.25, 0.3) is 0 Å². The summed E-state index contributed by atoms with van der Waals surface area (Å²) in [6.07, 6.45) is 2.73. The largest absolute Gasteiger partial charge is 0.373 e. The zero-order chi connectivity index (χ0) is 8.81. The highest BCUT2D eigenvalue weighted by Crippen LogP contribution is 2.06. The number of hydrogen-bond donors (Lipinski definition) is 0. The molecule has 1 aliphatic heterocycles. The molecule has 1 heterocycles. The number of aliphatic imine (C=N–C) groups is 1. The average molecular weight is 173 g/mol. The minimum Gasteiger partial charge on any atom is -0.373 e. The summed E-state index contributed by atoms with van der Waals surface area (Å²) in [5, 5.41) is 0. The van der Waals surface area contributed by atoms with E-state index in [1.165, 1.54) is 5.71 Å². The number of hydrogen-bond acceptors (Lipinski definition) is 2. The zero-order valence-electron chi connectivity index (χ0n) is 7.55. The second-order valence-electron chi connectivity index (χ2n) is 3.05. The van der Waals surface area contributed by atoms with Crippen molar-refractivity contribution in [1.29, 1.82) is 0 Å². The summed E-state index contributed by atoms with van der Waals surface area (Å²) in [6.45, 7) is 2.85. The Labute approximate surface area is 72.8 Å². The normalized spacial score (nSPS) is 24.8. The van der Waals surface area contributed by atoms with Crippen LogP contribution in [0.25, 0.3) is 0 Å². The van der Waals surface area contributed by atoms with Gasteiger partial charge in [0.15, 0.2) is 0 Å². The molecule has 0 amide bonds. The van der Waals surface area contributed by atoms with Crippen molar-refractivity contribution in [3.8, 4) is 0 Å². The Bertz CT molecular complexity index is 159. The van der Waals surface area contributed by atoms with Gasteiger partial charge in [0.2, 0.25) is 0 Å². The van der Waals surface area contributed by atoms with E-state index in [1.54, 1.807) is 0 Å². The third-order valence-corrected chi connectivity index (χ3v) is 1.97. The highest BCUT2D eigenvalue weighted by Gasteiger charge is 2.12. The lowest BCUT2D eigenvalue weighted by atomic mass is 10.2. The van der Waals surface area contributed by atoms with Crippen LogP contribution in [0.15, 0.2) is 4.99 Å².